The van der Waals surface area contributed by atoms with Crippen LogP contribution >= 0.6 is 0 Å². The summed E-state index contributed by atoms with van der Waals surface area (Å²) in [5.74, 6) is 0. The van der Waals surface area contributed by atoms with E-state index in [1.807, 2.05) is 12.4 Å². The van der Waals surface area contributed by atoms with E-state index in [0.29, 0.717) is 0 Å². The largest absolute Gasteiger partial charge is 0.361 e. The van der Waals surface area contributed by atoms with Gasteiger partial charge in [0.25, 0.3) is 0 Å². The van der Waals surface area contributed by atoms with Crippen LogP contribution in [-0.4, -0.2) is 29.1 Å². The van der Waals surface area contributed by atoms with Gasteiger partial charge in [-0.2, -0.15) is 6.92 Å². The summed E-state index contributed by atoms with van der Waals surface area (Å²) in [6, 6.07) is 51.9. The summed E-state index contributed by atoms with van der Waals surface area (Å²) in [6.45, 7) is 28.5. The predicted molar refractivity (Wildman–Crippen MR) is 307 cm³/mol. The minimum absolute atomic E-state index is 0. The minimum atomic E-state index is 0. The van der Waals surface area contributed by atoms with E-state index in [1.54, 1.807) is 6.92 Å². The molecule has 6 aromatic carbocycles. The van der Waals surface area contributed by atoms with Crippen LogP contribution in [0, 0.1) is 48.5 Å². The van der Waals surface area contributed by atoms with E-state index in [0.717, 1.165) is 25.9 Å². The monoisotopic (exact) mass is 1020 g/mol. The number of benzene rings is 6. The van der Waals surface area contributed by atoms with Crippen molar-refractivity contribution >= 4 is 65.4 Å². The first-order valence-electron chi connectivity index (χ1n) is 25.0. The normalized spacial score (nSPS) is 10.4. The maximum absolute atomic E-state index is 3.39. The Hall–Kier alpha value is -6.34. The zero-order valence-electron chi connectivity index (χ0n) is 44.2. The first-order chi connectivity index (χ1) is 33.9. The molecule has 12 rings (SSSR count). The van der Waals surface area contributed by atoms with Crippen molar-refractivity contribution in [1.82, 2.24) is 29.1 Å². The zero-order chi connectivity index (χ0) is 50.2. The Morgan fingerprint density at radius 1 is 0.352 bits per heavy atom. The first-order valence-corrected chi connectivity index (χ1v) is 25.0. The fourth-order valence-electron chi connectivity index (χ4n) is 8.49. The molecule has 365 valence electrons. The van der Waals surface area contributed by atoms with E-state index in [-0.39, 0.29) is 32.7 Å². The van der Waals surface area contributed by atoms with Crippen LogP contribution in [0.3, 0.4) is 0 Å². The molecule has 0 atom stereocenters. The topological polar surface area (TPSA) is 73.0 Å². The third-order valence-corrected chi connectivity index (χ3v) is 12.4. The third-order valence-electron chi connectivity index (χ3n) is 12.4. The van der Waals surface area contributed by atoms with E-state index in [4.69, 9.17) is 0 Å². The van der Waals surface area contributed by atoms with Gasteiger partial charge in [-0.25, -0.2) is 0 Å². The molecule has 0 amide bonds. The van der Waals surface area contributed by atoms with Crippen LogP contribution in [0.2, 0.25) is 0 Å². The van der Waals surface area contributed by atoms with Crippen LogP contribution < -0.4 is 0 Å². The number of aromatic amines is 4. The van der Waals surface area contributed by atoms with Crippen molar-refractivity contribution in [3.63, 3.8) is 0 Å². The molecule has 6 nitrogen and oxygen atoms in total. The van der Waals surface area contributed by atoms with Crippen molar-refractivity contribution in [1.29, 1.82) is 0 Å². The van der Waals surface area contributed by atoms with Crippen LogP contribution in [0.4, 0.5) is 0 Å². The van der Waals surface area contributed by atoms with Crippen molar-refractivity contribution in [3.8, 4) is 0 Å². The summed E-state index contributed by atoms with van der Waals surface area (Å²) in [5.41, 5.74) is 18.2. The van der Waals surface area contributed by atoms with Gasteiger partial charge < -0.3 is 36.0 Å². The third kappa shape index (κ3) is 15.3. The Morgan fingerprint density at radius 3 is 1.41 bits per heavy atom. The molecule has 0 aliphatic carbocycles. The van der Waals surface area contributed by atoms with Crippen molar-refractivity contribution in [2.24, 2.45) is 0 Å². The van der Waals surface area contributed by atoms with Crippen molar-refractivity contribution in [3.05, 3.63) is 222 Å². The van der Waals surface area contributed by atoms with Gasteiger partial charge in [-0.3, -0.25) is 0 Å². The molecule has 0 saturated heterocycles. The average molecular weight is 1020 g/mol. The molecule has 1 radical (unpaired) electrons. The van der Waals surface area contributed by atoms with E-state index >= 15 is 0 Å². The molecule has 0 saturated carbocycles. The SMILES string of the molecule is CCc1cc2cc(C)ccc2[nH]1.CCc1cc2ccc(C)cc2[nH]1.CCn1ccc2cc(C)ccc21.CCn1ccc2ccc(C)cc21.Cc1ccc2[nH]ccc2c1.Cc1ccc2cc[nH]c2c1.[CH2-]C.[Y]. The van der Waals surface area contributed by atoms with Gasteiger partial charge in [0.15, 0.2) is 0 Å². The molecule has 7 heteroatoms. The molecular formula is C64H75N6Y-. The predicted octanol–water partition coefficient (Wildman–Crippen LogP) is 17.8. The molecule has 6 heterocycles. The summed E-state index contributed by atoms with van der Waals surface area (Å²) in [6.07, 6.45) is 10.4. The Balaban J connectivity index is 0.000000157. The Morgan fingerprint density at radius 2 is 0.775 bits per heavy atom. The van der Waals surface area contributed by atoms with Crippen molar-refractivity contribution < 1.29 is 32.7 Å². The number of fused-ring (bicyclic) bond motifs is 6. The zero-order valence-corrected chi connectivity index (χ0v) is 47.0. The summed E-state index contributed by atoms with van der Waals surface area (Å²) in [5, 5.41) is 7.90. The Labute approximate surface area is 448 Å². The molecule has 0 aliphatic heterocycles. The van der Waals surface area contributed by atoms with Crippen molar-refractivity contribution in [2.75, 3.05) is 0 Å². The van der Waals surface area contributed by atoms with Gasteiger partial charge in [0.2, 0.25) is 0 Å². The maximum Gasteiger partial charge on any atom is 0.0482 e. The molecule has 0 spiro atoms. The number of nitrogens with zero attached hydrogens (tertiary/aromatic N) is 2. The number of hydrogen-bond donors (Lipinski definition) is 4. The number of aromatic nitrogens is 6. The van der Waals surface area contributed by atoms with Crippen LogP contribution in [0.5, 0.6) is 0 Å². The molecule has 0 fully saturated rings. The van der Waals surface area contributed by atoms with Crippen LogP contribution in [-0.2, 0) is 58.6 Å². The molecule has 71 heavy (non-hydrogen) atoms. The fraction of sp³-hybridized carbons (Fsp3) is 0.234. The van der Waals surface area contributed by atoms with Crippen LogP contribution in [0.15, 0.2) is 170 Å². The Bertz CT molecular complexity index is 3320. The van der Waals surface area contributed by atoms with Gasteiger partial charge >= 0.3 is 0 Å². The van der Waals surface area contributed by atoms with Crippen molar-refractivity contribution in [2.45, 2.75) is 102 Å². The quantitative estimate of drug-likeness (QED) is 0.127. The smallest absolute Gasteiger partial charge is 0.0482 e. The van der Waals surface area contributed by atoms with Gasteiger partial charge in [0, 0.05) is 115 Å². The molecule has 0 aliphatic rings. The molecule has 0 bridgehead atoms. The van der Waals surface area contributed by atoms with E-state index in [1.165, 1.54) is 110 Å². The second-order valence-corrected chi connectivity index (χ2v) is 17.9. The van der Waals surface area contributed by atoms with Crippen LogP contribution in [0.25, 0.3) is 65.4 Å². The number of rotatable bonds is 4. The van der Waals surface area contributed by atoms with Gasteiger partial charge in [-0.1, -0.05) is 85.1 Å². The number of aryl methyl sites for hydroxylation is 10. The summed E-state index contributed by atoms with van der Waals surface area (Å²) >= 11 is 0. The average Bonchev–Trinajstić information content (AvgIpc) is 4.25. The number of H-pyrrole nitrogens is 4. The molecule has 12 aromatic rings. The van der Waals surface area contributed by atoms with Gasteiger partial charge in [0.1, 0.15) is 0 Å². The molecule has 0 unspecified atom stereocenters. The second-order valence-electron chi connectivity index (χ2n) is 17.9. The van der Waals surface area contributed by atoms with Gasteiger partial charge in [-0.05, 0) is 208 Å². The fourth-order valence-corrected chi connectivity index (χ4v) is 8.49. The number of hydrogen-bond acceptors (Lipinski definition) is 0. The standard InChI is InChI=1S/4C11H13N.2C9H9N.C2H5.Y/c1-3-10-7-9-6-8(2)4-5-11(9)12-10;1-3-10-7-9-5-4-8(2)6-11(9)12-10;1-3-12-7-6-10-8-9(2)4-5-11(10)12;1-3-12-7-6-10-5-4-9(2)8-11(10)12;1-7-2-3-9-8(6-7)4-5-10-9;1-7-2-3-8-4-5-10-9(8)6-7;1-2;/h2*4-7,12H,3H2,1-2H3;2*4-8H,3H2,1-2H3;2*2-6,10H,1H3;1H2,2H3;/q;;;;;;-1;. The molecule has 6 aromatic heterocycles. The van der Waals surface area contributed by atoms with Gasteiger partial charge in [-0.15, -0.1) is 0 Å². The summed E-state index contributed by atoms with van der Waals surface area (Å²) in [4.78, 5) is 13.1. The molecular weight excluding hydrogens is 942 g/mol. The number of nitrogens with one attached hydrogen (secondary N) is 4. The minimum Gasteiger partial charge on any atom is -0.361 e. The van der Waals surface area contributed by atoms with Gasteiger partial charge in [0.05, 0.1) is 0 Å². The molecule has 4 N–H and O–H groups in total. The van der Waals surface area contributed by atoms with E-state index in [9.17, 15) is 0 Å². The second kappa shape index (κ2) is 27.3. The summed E-state index contributed by atoms with van der Waals surface area (Å²) in [7, 11) is 0. The Kier molecular flexibility index (Phi) is 21.4. The first kappa shape index (κ1) is 55.6. The van der Waals surface area contributed by atoms with Crippen LogP contribution in [0.1, 0.15) is 79.4 Å². The maximum atomic E-state index is 3.39. The van der Waals surface area contributed by atoms with E-state index < -0.39 is 0 Å². The van der Waals surface area contributed by atoms with E-state index in [2.05, 4.69) is 263 Å². The summed E-state index contributed by atoms with van der Waals surface area (Å²) < 4.78 is 4.52.